The third-order valence-electron chi connectivity index (χ3n) is 14.6. The topological polar surface area (TPSA) is 237 Å². The van der Waals surface area contributed by atoms with Gasteiger partial charge in [0.1, 0.15) is 19.3 Å². The smallest absolute Gasteiger partial charge is 0.462 e. The van der Waals surface area contributed by atoms with Crippen LogP contribution in [0.5, 0.6) is 0 Å². The average Bonchev–Trinajstić information content (AvgIpc) is 3.43. The molecular weight excluding hydrogens is 1100 g/mol. The quantitative estimate of drug-likeness (QED) is 0.0222. The zero-order chi connectivity index (χ0) is 61.7. The zero-order valence-electron chi connectivity index (χ0n) is 53.6. The first kappa shape index (κ1) is 81.1. The molecule has 17 nitrogen and oxygen atoms in total. The number of unbranched alkanes of at least 4 members (excludes halogenated alkanes) is 30. The van der Waals surface area contributed by atoms with E-state index in [0.29, 0.717) is 25.7 Å². The highest BCUT2D eigenvalue weighted by molar-refractivity contribution is 7.47. The molecule has 0 radical (unpaired) electrons. The highest BCUT2D eigenvalue weighted by Crippen LogP contribution is 2.45. The third-order valence-corrected chi connectivity index (χ3v) is 16.5. The normalized spacial score (nSPS) is 14.4. The van der Waals surface area contributed by atoms with Crippen molar-refractivity contribution in [1.29, 1.82) is 0 Å². The summed E-state index contributed by atoms with van der Waals surface area (Å²) in [5.74, 6) is 0.0594. The number of esters is 4. The Hall–Kier alpha value is -1.94. The number of phosphoric ester groups is 2. The molecule has 0 rings (SSSR count). The molecule has 492 valence electrons. The van der Waals surface area contributed by atoms with Gasteiger partial charge in [0.05, 0.1) is 26.4 Å². The molecule has 0 fully saturated rings. The molecule has 0 amide bonds. The second-order valence-electron chi connectivity index (χ2n) is 24.6. The summed E-state index contributed by atoms with van der Waals surface area (Å²) in [5.41, 5.74) is 0. The first-order chi connectivity index (χ1) is 39.7. The van der Waals surface area contributed by atoms with Gasteiger partial charge in [0, 0.05) is 25.7 Å². The van der Waals surface area contributed by atoms with Crippen molar-refractivity contribution in [3.63, 3.8) is 0 Å². The van der Waals surface area contributed by atoms with E-state index in [0.717, 1.165) is 114 Å². The molecule has 0 bridgehead atoms. The summed E-state index contributed by atoms with van der Waals surface area (Å²) in [4.78, 5) is 72.2. The van der Waals surface area contributed by atoms with Crippen molar-refractivity contribution < 1.29 is 80.2 Å². The molecule has 0 spiro atoms. The van der Waals surface area contributed by atoms with Crippen LogP contribution in [-0.2, 0) is 65.4 Å². The minimum absolute atomic E-state index is 0.104. The predicted octanol–water partition coefficient (Wildman–Crippen LogP) is 17.5. The van der Waals surface area contributed by atoms with E-state index < -0.39 is 97.5 Å². The van der Waals surface area contributed by atoms with Gasteiger partial charge in [-0.3, -0.25) is 37.3 Å². The molecule has 0 aliphatic rings. The number of hydrogen-bond donors (Lipinski definition) is 3. The van der Waals surface area contributed by atoms with Gasteiger partial charge >= 0.3 is 39.5 Å². The fourth-order valence-electron chi connectivity index (χ4n) is 9.48. The fraction of sp³-hybridized carbons (Fsp3) is 0.938. The van der Waals surface area contributed by atoms with E-state index in [-0.39, 0.29) is 25.7 Å². The van der Waals surface area contributed by atoms with Crippen molar-refractivity contribution >= 4 is 39.5 Å². The molecule has 5 atom stereocenters. The van der Waals surface area contributed by atoms with Crippen LogP contribution < -0.4 is 0 Å². The van der Waals surface area contributed by atoms with Crippen molar-refractivity contribution in [3.8, 4) is 0 Å². The molecule has 0 saturated carbocycles. The first-order valence-electron chi connectivity index (χ1n) is 33.3. The van der Waals surface area contributed by atoms with Crippen LogP contribution >= 0.6 is 15.6 Å². The molecule has 0 saturated heterocycles. The summed E-state index contributed by atoms with van der Waals surface area (Å²) < 4.78 is 67.9. The van der Waals surface area contributed by atoms with Crippen molar-refractivity contribution in [2.24, 2.45) is 17.8 Å². The molecule has 0 aliphatic carbocycles. The van der Waals surface area contributed by atoms with Crippen molar-refractivity contribution in [2.75, 3.05) is 39.6 Å². The molecule has 83 heavy (non-hydrogen) atoms. The monoisotopic (exact) mass is 1230 g/mol. The van der Waals surface area contributed by atoms with E-state index in [1.54, 1.807) is 0 Å². The van der Waals surface area contributed by atoms with E-state index in [1.807, 2.05) is 0 Å². The lowest BCUT2D eigenvalue weighted by atomic mass is 10.0. The summed E-state index contributed by atoms with van der Waals surface area (Å²) in [6.45, 7) is 11.7. The van der Waals surface area contributed by atoms with Crippen molar-refractivity contribution in [3.05, 3.63) is 0 Å². The third kappa shape index (κ3) is 58.8. The molecule has 0 aromatic heterocycles. The summed E-state index contributed by atoms with van der Waals surface area (Å²) in [6.07, 6.45) is 36.3. The van der Waals surface area contributed by atoms with Gasteiger partial charge in [-0.15, -0.1) is 0 Å². The Bertz CT molecular complexity index is 1650. The summed E-state index contributed by atoms with van der Waals surface area (Å²) in [7, 11) is -9.89. The Morgan fingerprint density at radius 2 is 0.554 bits per heavy atom. The largest absolute Gasteiger partial charge is 0.472 e. The fourth-order valence-corrected chi connectivity index (χ4v) is 11.1. The van der Waals surface area contributed by atoms with Gasteiger partial charge in [-0.05, 0) is 43.4 Å². The zero-order valence-corrected chi connectivity index (χ0v) is 55.4. The van der Waals surface area contributed by atoms with E-state index in [4.69, 9.17) is 37.0 Å². The van der Waals surface area contributed by atoms with Gasteiger partial charge in [0.25, 0.3) is 0 Å². The number of ether oxygens (including phenoxy) is 4. The highest BCUT2D eigenvalue weighted by Gasteiger charge is 2.30. The maximum Gasteiger partial charge on any atom is 0.472 e. The van der Waals surface area contributed by atoms with Crippen molar-refractivity contribution in [1.82, 2.24) is 0 Å². The maximum absolute atomic E-state index is 13.0. The van der Waals surface area contributed by atoms with Gasteiger partial charge in [-0.25, -0.2) is 9.13 Å². The molecule has 0 aliphatic heterocycles. The first-order valence-corrected chi connectivity index (χ1v) is 36.3. The van der Waals surface area contributed by atoms with Crippen LogP contribution in [0.25, 0.3) is 0 Å². The highest BCUT2D eigenvalue weighted by atomic mass is 31.2. The number of carbonyl (C=O) groups excluding carboxylic acids is 4. The standard InChI is InChI=1S/C64H124O17P2/c1-8-9-10-11-12-24-31-38-45-61(66)74-51-59(81-64(69)48-41-34-27-20-19-23-30-37-44-57(6)7)53-78-82(70,71)76-49-58(65)50-77-83(72,73)79-54-60(80-63(68)47-40-33-26-18-14-16-22-29-36-43-56(4)5)52-75-62(67)46-39-32-25-17-13-15-21-28-35-42-55(2)3/h55-60,65H,8-54H2,1-7H3,(H,70,71)(H,72,73)/t58-,59+,60+/m0/s1. The van der Waals surface area contributed by atoms with Gasteiger partial charge < -0.3 is 33.8 Å². The average molecular weight is 1230 g/mol. The molecular formula is C64H124O17P2. The number of carbonyl (C=O) groups is 4. The Morgan fingerprint density at radius 3 is 0.819 bits per heavy atom. The summed E-state index contributed by atoms with van der Waals surface area (Å²) in [6, 6.07) is 0. The van der Waals surface area contributed by atoms with Crippen molar-refractivity contribution in [2.45, 2.75) is 330 Å². The minimum Gasteiger partial charge on any atom is -0.462 e. The molecule has 2 unspecified atom stereocenters. The molecule has 0 heterocycles. The Labute approximate surface area is 505 Å². The SMILES string of the molecule is CCCCCCCCCCC(=O)OC[C@H](COP(=O)(O)OC[C@H](O)COP(=O)(O)OC[C@@H](COC(=O)CCCCCCCCCCCC(C)C)OC(=O)CCCCCCCCCCCC(C)C)OC(=O)CCCCCCCCCCC(C)C. The van der Waals surface area contributed by atoms with Crippen LogP contribution in [0.3, 0.4) is 0 Å². The maximum atomic E-state index is 13.0. The minimum atomic E-state index is -4.94. The Kier molecular flexibility index (Phi) is 54.1. The number of hydrogen-bond acceptors (Lipinski definition) is 15. The van der Waals surface area contributed by atoms with Crippen LogP contribution in [0, 0.1) is 17.8 Å². The number of aliphatic hydroxyl groups excluding tert-OH is 1. The summed E-state index contributed by atoms with van der Waals surface area (Å²) >= 11 is 0. The number of aliphatic hydroxyl groups is 1. The van der Waals surface area contributed by atoms with Crippen LogP contribution in [0.4, 0.5) is 0 Å². The van der Waals surface area contributed by atoms with E-state index in [9.17, 15) is 43.2 Å². The molecule has 0 aromatic rings. The second kappa shape index (κ2) is 55.4. The van der Waals surface area contributed by atoms with Gasteiger partial charge in [0.2, 0.25) is 0 Å². The lowest BCUT2D eigenvalue weighted by molar-refractivity contribution is -0.161. The van der Waals surface area contributed by atoms with Crippen LogP contribution in [0.2, 0.25) is 0 Å². The summed E-state index contributed by atoms with van der Waals surface area (Å²) in [5, 5.41) is 10.5. The van der Waals surface area contributed by atoms with E-state index in [2.05, 4.69) is 48.5 Å². The lowest BCUT2D eigenvalue weighted by Gasteiger charge is -2.21. The van der Waals surface area contributed by atoms with Gasteiger partial charge in [-0.2, -0.15) is 0 Å². The molecule has 0 aromatic carbocycles. The van der Waals surface area contributed by atoms with Crippen LogP contribution in [0.15, 0.2) is 0 Å². The Morgan fingerprint density at radius 1 is 0.325 bits per heavy atom. The predicted molar refractivity (Wildman–Crippen MR) is 331 cm³/mol. The van der Waals surface area contributed by atoms with Crippen LogP contribution in [0.1, 0.15) is 312 Å². The molecule has 3 N–H and O–H groups in total. The Balaban J connectivity index is 5.24. The van der Waals surface area contributed by atoms with Gasteiger partial charge in [-0.1, -0.05) is 260 Å². The number of phosphoric acid groups is 2. The second-order valence-corrected chi connectivity index (χ2v) is 27.5. The lowest BCUT2D eigenvalue weighted by Crippen LogP contribution is -2.30. The van der Waals surface area contributed by atoms with Crippen LogP contribution in [-0.4, -0.2) is 96.7 Å². The van der Waals surface area contributed by atoms with Gasteiger partial charge in [0.15, 0.2) is 12.2 Å². The number of rotatable bonds is 62. The van der Waals surface area contributed by atoms with E-state index >= 15 is 0 Å². The van der Waals surface area contributed by atoms with E-state index in [1.165, 1.54) is 116 Å². The molecule has 19 heteroatoms.